The predicted octanol–water partition coefficient (Wildman–Crippen LogP) is 1.84. The highest BCUT2D eigenvalue weighted by molar-refractivity contribution is 7.07. The summed E-state index contributed by atoms with van der Waals surface area (Å²) in [4.78, 5) is 16.8. The van der Waals surface area contributed by atoms with E-state index in [0.717, 1.165) is 0 Å². The summed E-state index contributed by atoms with van der Waals surface area (Å²) in [7, 11) is 4.93. The summed E-state index contributed by atoms with van der Waals surface area (Å²) in [5.74, 6) is 0.791. The lowest BCUT2D eigenvalue weighted by Gasteiger charge is -2.07. The molecule has 0 aliphatic rings. The zero-order chi connectivity index (χ0) is 13.8. The lowest BCUT2D eigenvalue weighted by molar-refractivity contribution is 0.0997. The van der Waals surface area contributed by atoms with E-state index in [0.29, 0.717) is 21.9 Å². The lowest BCUT2D eigenvalue weighted by atomic mass is 10.2. The van der Waals surface area contributed by atoms with Crippen molar-refractivity contribution in [1.29, 1.82) is 0 Å². The van der Waals surface area contributed by atoms with Crippen LogP contribution in [0.25, 0.3) is 0 Å². The fourth-order valence-corrected chi connectivity index (χ4v) is 2.28. The first kappa shape index (κ1) is 13.4. The van der Waals surface area contributed by atoms with Gasteiger partial charge in [0.05, 0.1) is 14.2 Å². The number of ether oxygens (including phenoxy) is 2. The van der Waals surface area contributed by atoms with Crippen LogP contribution >= 0.6 is 11.3 Å². The number of hydrogen-bond donors (Lipinski definition) is 0. The van der Waals surface area contributed by atoms with Crippen LogP contribution in [0.5, 0.6) is 11.5 Å². The van der Waals surface area contributed by atoms with Gasteiger partial charge in [0, 0.05) is 24.2 Å². The van der Waals surface area contributed by atoms with Crippen LogP contribution in [0.3, 0.4) is 0 Å². The predicted molar refractivity (Wildman–Crippen MR) is 72.7 cm³/mol. The van der Waals surface area contributed by atoms with E-state index in [4.69, 9.17) is 9.47 Å². The molecule has 2 rings (SSSR count). The maximum absolute atomic E-state index is 12.1. The van der Waals surface area contributed by atoms with Gasteiger partial charge >= 0.3 is 0 Å². The van der Waals surface area contributed by atoms with Crippen molar-refractivity contribution < 1.29 is 14.3 Å². The fourth-order valence-electron chi connectivity index (χ4n) is 1.56. The SMILES string of the molecule is COc1ccc(C(=O)N=c2sccn2C)cc1OC. The highest BCUT2D eigenvalue weighted by atomic mass is 32.1. The topological polar surface area (TPSA) is 52.8 Å². The first-order chi connectivity index (χ1) is 9.15. The quantitative estimate of drug-likeness (QED) is 0.861. The van der Waals surface area contributed by atoms with Crippen molar-refractivity contribution in [1.82, 2.24) is 4.57 Å². The molecule has 0 unspecified atom stereocenters. The molecule has 0 aliphatic heterocycles. The number of benzene rings is 1. The van der Waals surface area contributed by atoms with E-state index >= 15 is 0 Å². The number of rotatable bonds is 3. The highest BCUT2D eigenvalue weighted by Gasteiger charge is 2.10. The van der Waals surface area contributed by atoms with Crippen molar-refractivity contribution in [3.8, 4) is 11.5 Å². The van der Waals surface area contributed by atoms with E-state index in [2.05, 4.69) is 4.99 Å². The first-order valence-corrected chi connectivity index (χ1v) is 6.45. The Morgan fingerprint density at radius 1 is 1.26 bits per heavy atom. The van der Waals surface area contributed by atoms with Gasteiger partial charge in [-0.05, 0) is 18.2 Å². The smallest absolute Gasteiger partial charge is 0.279 e. The van der Waals surface area contributed by atoms with E-state index in [9.17, 15) is 4.79 Å². The second-order valence-corrected chi connectivity index (χ2v) is 4.66. The molecule has 0 spiro atoms. The Balaban J connectivity index is 2.38. The van der Waals surface area contributed by atoms with E-state index < -0.39 is 0 Å². The molecule has 100 valence electrons. The van der Waals surface area contributed by atoms with Gasteiger partial charge in [-0.15, -0.1) is 11.3 Å². The molecular weight excluding hydrogens is 264 g/mol. The van der Waals surface area contributed by atoms with E-state index in [1.54, 1.807) is 29.9 Å². The normalized spacial score (nSPS) is 11.4. The average Bonchev–Trinajstić information content (AvgIpc) is 2.83. The van der Waals surface area contributed by atoms with Gasteiger partial charge in [-0.1, -0.05) is 0 Å². The number of amides is 1. The summed E-state index contributed by atoms with van der Waals surface area (Å²) in [6, 6.07) is 4.98. The molecule has 1 amide bonds. The zero-order valence-electron chi connectivity index (χ0n) is 10.9. The minimum absolute atomic E-state index is 0.306. The van der Waals surface area contributed by atoms with Gasteiger partial charge in [-0.3, -0.25) is 4.79 Å². The monoisotopic (exact) mass is 278 g/mol. The van der Waals surface area contributed by atoms with Crippen LogP contribution in [0.1, 0.15) is 10.4 Å². The standard InChI is InChI=1S/C13H14N2O3S/c1-15-6-7-19-13(15)14-12(16)9-4-5-10(17-2)11(8-9)18-3/h4-8H,1-3H3. The van der Waals surface area contributed by atoms with Crippen molar-refractivity contribution in [3.63, 3.8) is 0 Å². The Labute approximate surface area is 114 Å². The third-order valence-corrected chi connectivity index (χ3v) is 3.44. The number of thiazole rings is 1. The molecule has 0 atom stereocenters. The van der Waals surface area contributed by atoms with E-state index in [1.165, 1.54) is 18.4 Å². The third-order valence-electron chi connectivity index (χ3n) is 2.59. The molecule has 2 aromatic rings. The molecular formula is C13H14N2O3S. The van der Waals surface area contributed by atoms with Crippen LogP contribution in [0, 0.1) is 0 Å². The number of carbonyl (C=O) groups is 1. The van der Waals surface area contributed by atoms with Gasteiger partial charge in [-0.25, -0.2) is 0 Å². The number of nitrogens with zero attached hydrogens (tertiary/aromatic N) is 2. The van der Waals surface area contributed by atoms with Crippen LogP contribution in [-0.2, 0) is 7.05 Å². The molecule has 0 radical (unpaired) electrons. The summed E-state index contributed by atoms with van der Waals surface area (Å²) in [6.45, 7) is 0. The largest absolute Gasteiger partial charge is 0.493 e. The summed E-state index contributed by atoms with van der Waals surface area (Å²) in [6.07, 6.45) is 1.85. The van der Waals surface area contributed by atoms with Gasteiger partial charge in [-0.2, -0.15) is 4.99 Å². The molecule has 0 N–H and O–H groups in total. The third kappa shape index (κ3) is 2.85. The van der Waals surface area contributed by atoms with Crippen molar-refractivity contribution in [2.45, 2.75) is 0 Å². The fraction of sp³-hybridized carbons (Fsp3) is 0.231. The summed E-state index contributed by atoms with van der Waals surface area (Å²) >= 11 is 1.41. The molecule has 0 fully saturated rings. The molecule has 6 heteroatoms. The first-order valence-electron chi connectivity index (χ1n) is 5.57. The maximum Gasteiger partial charge on any atom is 0.279 e. The van der Waals surface area contributed by atoms with Gasteiger partial charge in [0.2, 0.25) is 0 Å². The van der Waals surface area contributed by atoms with Gasteiger partial charge in [0.1, 0.15) is 0 Å². The summed E-state index contributed by atoms with van der Waals surface area (Å²) < 4.78 is 12.1. The Morgan fingerprint density at radius 2 is 2.00 bits per heavy atom. The van der Waals surface area contributed by atoms with Crippen LogP contribution in [0.15, 0.2) is 34.8 Å². The van der Waals surface area contributed by atoms with Crippen LogP contribution in [-0.4, -0.2) is 24.7 Å². The minimum atomic E-state index is -0.306. The highest BCUT2D eigenvalue weighted by Crippen LogP contribution is 2.27. The molecule has 0 saturated carbocycles. The van der Waals surface area contributed by atoms with Crippen LogP contribution < -0.4 is 14.3 Å². The van der Waals surface area contributed by atoms with Gasteiger partial charge < -0.3 is 14.0 Å². The molecule has 0 aliphatic carbocycles. The van der Waals surface area contributed by atoms with Crippen molar-refractivity contribution in [2.24, 2.45) is 12.0 Å². The molecule has 0 saturated heterocycles. The van der Waals surface area contributed by atoms with Gasteiger partial charge in [0.15, 0.2) is 16.3 Å². The van der Waals surface area contributed by atoms with E-state index in [-0.39, 0.29) is 5.91 Å². The number of hydrogen-bond acceptors (Lipinski definition) is 4. The molecule has 19 heavy (non-hydrogen) atoms. The van der Waals surface area contributed by atoms with Crippen molar-refractivity contribution in [2.75, 3.05) is 14.2 Å². The Bertz CT molecular complexity index is 658. The number of methoxy groups -OCH3 is 2. The molecule has 5 nitrogen and oxygen atoms in total. The van der Waals surface area contributed by atoms with Crippen LogP contribution in [0.4, 0.5) is 0 Å². The molecule has 1 aromatic heterocycles. The van der Waals surface area contributed by atoms with E-state index in [1.807, 2.05) is 18.6 Å². The minimum Gasteiger partial charge on any atom is -0.493 e. The van der Waals surface area contributed by atoms with Gasteiger partial charge in [0.25, 0.3) is 5.91 Å². The number of carbonyl (C=O) groups excluding carboxylic acids is 1. The number of aryl methyl sites for hydroxylation is 1. The lowest BCUT2D eigenvalue weighted by Crippen LogP contribution is -2.12. The van der Waals surface area contributed by atoms with Crippen LogP contribution in [0.2, 0.25) is 0 Å². The second kappa shape index (κ2) is 5.71. The number of aromatic nitrogens is 1. The zero-order valence-corrected chi connectivity index (χ0v) is 11.7. The average molecular weight is 278 g/mol. The molecule has 0 bridgehead atoms. The Morgan fingerprint density at radius 3 is 2.58 bits per heavy atom. The Hall–Kier alpha value is -2.08. The summed E-state index contributed by atoms with van der Waals surface area (Å²) in [5.41, 5.74) is 0.464. The van der Waals surface area contributed by atoms with Crippen molar-refractivity contribution in [3.05, 3.63) is 40.1 Å². The molecule has 1 aromatic carbocycles. The Kier molecular flexibility index (Phi) is 4.01. The maximum atomic E-state index is 12.1. The molecule has 1 heterocycles. The second-order valence-electron chi connectivity index (χ2n) is 3.78. The van der Waals surface area contributed by atoms with Crippen molar-refractivity contribution >= 4 is 17.2 Å². The summed E-state index contributed by atoms with van der Waals surface area (Å²) in [5, 5.41) is 1.88.